The van der Waals surface area contributed by atoms with Gasteiger partial charge in [0.25, 0.3) is 0 Å². The lowest BCUT2D eigenvalue weighted by Crippen LogP contribution is -2.20. The van der Waals surface area contributed by atoms with Gasteiger partial charge in [0.2, 0.25) is 10.0 Å². The molecule has 1 aromatic heterocycles. The summed E-state index contributed by atoms with van der Waals surface area (Å²) in [4.78, 5) is 11.6. The van der Waals surface area contributed by atoms with Crippen LogP contribution in [0.5, 0.6) is 0 Å². The van der Waals surface area contributed by atoms with Gasteiger partial charge in [-0.05, 0) is 11.4 Å². The Hall–Kier alpha value is -1.12. The van der Waals surface area contributed by atoms with E-state index in [-0.39, 0.29) is 22.9 Å². The molecule has 0 fully saturated rings. The molecule has 0 spiro atoms. The van der Waals surface area contributed by atoms with Crippen LogP contribution in [0.2, 0.25) is 0 Å². The average Bonchev–Trinajstić information content (AvgIpc) is 2.72. The Morgan fingerprint density at radius 2 is 2.18 bits per heavy atom. The van der Waals surface area contributed by atoms with Gasteiger partial charge in [-0.15, -0.1) is 11.3 Å². The highest BCUT2D eigenvalue weighted by Gasteiger charge is 2.18. The van der Waals surface area contributed by atoms with E-state index in [1.54, 1.807) is 5.38 Å². The number of ether oxygens (including phenoxy) is 2. The molecular formula is C9H13NO5S2. The summed E-state index contributed by atoms with van der Waals surface area (Å²) in [5, 5.41) is 1.61. The van der Waals surface area contributed by atoms with E-state index in [4.69, 9.17) is 0 Å². The van der Waals surface area contributed by atoms with Crippen molar-refractivity contribution in [2.75, 3.05) is 31.3 Å². The van der Waals surface area contributed by atoms with Crippen molar-refractivity contribution in [2.24, 2.45) is 0 Å². The van der Waals surface area contributed by atoms with E-state index in [1.165, 1.54) is 20.3 Å². The second kappa shape index (κ2) is 5.99. The number of thiophene rings is 1. The molecular weight excluding hydrogens is 266 g/mol. The summed E-state index contributed by atoms with van der Waals surface area (Å²) < 4.78 is 34.7. The van der Waals surface area contributed by atoms with Crippen LogP contribution in [0.4, 0.5) is 5.69 Å². The Balaban J connectivity index is 2.82. The van der Waals surface area contributed by atoms with Crippen LogP contribution in [-0.2, 0) is 19.5 Å². The van der Waals surface area contributed by atoms with Crippen LogP contribution in [0.25, 0.3) is 0 Å². The fraction of sp³-hybridized carbons (Fsp3) is 0.444. The molecule has 17 heavy (non-hydrogen) atoms. The fourth-order valence-electron chi connectivity index (χ4n) is 1.05. The van der Waals surface area contributed by atoms with Crippen molar-refractivity contribution < 1.29 is 22.7 Å². The van der Waals surface area contributed by atoms with Gasteiger partial charge >= 0.3 is 5.97 Å². The highest BCUT2D eigenvalue weighted by atomic mass is 32.2. The predicted molar refractivity (Wildman–Crippen MR) is 64.9 cm³/mol. The van der Waals surface area contributed by atoms with Crippen LogP contribution < -0.4 is 4.72 Å². The zero-order valence-electron chi connectivity index (χ0n) is 9.43. The lowest BCUT2D eigenvalue weighted by molar-refractivity contribution is 0.0607. The van der Waals surface area contributed by atoms with Gasteiger partial charge in [-0.3, -0.25) is 4.72 Å². The SMILES string of the molecule is COCCS(=O)(=O)Nc1ccsc1C(=O)OC. The van der Waals surface area contributed by atoms with Crippen LogP contribution in [0, 0.1) is 0 Å². The van der Waals surface area contributed by atoms with E-state index in [0.29, 0.717) is 0 Å². The molecule has 0 radical (unpaired) electrons. The molecule has 8 heteroatoms. The molecule has 1 N–H and O–H groups in total. The molecule has 96 valence electrons. The number of hydrogen-bond acceptors (Lipinski definition) is 6. The molecule has 0 atom stereocenters. The number of methoxy groups -OCH3 is 2. The van der Waals surface area contributed by atoms with Crippen molar-refractivity contribution in [3.63, 3.8) is 0 Å². The highest BCUT2D eigenvalue weighted by molar-refractivity contribution is 7.92. The standard InChI is InChI=1S/C9H13NO5S2/c1-14-4-6-17(12,13)10-7-3-5-16-8(7)9(11)15-2/h3,5,10H,4,6H2,1-2H3. The number of anilines is 1. The fourth-order valence-corrected chi connectivity index (χ4v) is 2.88. The minimum Gasteiger partial charge on any atom is -0.465 e. The first kappa shape index (κ1) is 13.9. The lowest BCUT2D eigenvalue weighted by atomic mass is 10.4. The maximum absolute atomic E-state index is 11.6. The molecule has 1 heterocycles. The Labute approximate surface area is 104 Å². The molecule has 0 bridgehead atoms. The van der Waals surface area contributed by atoms with Crippen molar-refractivity contribution in [1.29, 1.82) is 0 Å². The summed E-state index contributed by atoms with van der Waals surface area (Å²) in [6, 6.07) is 1.52. The van der Waals surface area contributed by atoms with Gasteiger partial charge < -0.3 is 9.47 Å². The first-order chi connectivity index (χ1) is 8.00. The van der Waals surface area contributed by atoms with E-state index in [2.05, 4.69) is 14.2 Å². The summed E-state index contributed by atoms with van der Waals surface area (Å²) in [7, 11) is -0.849. The molecule has 0 saturated heterocycles. The van der Waals surface area contributed by atoms with Crippen molar-refractivity contribution in [1.82, 2.24) is 0 Å². The topological polar surface area (TPSA) is 81.7 Å². The number of hydrogen-bond donors (Lipinski definition) is 1. The zero-order chi connectivity index (χ0) is 12.9. The average molecular weight is 279 g/mol. The van der Waals surface area contributed by atoms with Crippen LogP contribution in [-0.4, -0.2) is 41.0 Å². The molecule has 0 aliphatic rings. The van der Waals surface area contributed by atoms with Gasteiger partial charge in [-0.1, -0.05) is 0 Å². The third kappa shape index (κ3) is 3.99. The monoisotopic (exact) mass is 279 g/mol. The van der Waals surface area contributed by atoms with E-state index in [9.17, 15) is 13.2 Å². The Morgan fingerprint density at radius 3 is 2.76 bits per heavy atom. The Bertz CT molecular complexity index is 479. The molecule has 1 aromatic rings. The molecule has 0 amide bonds. The molecule has 1 rings (SSSR count). The number of sulfonamides is 1. The molecule has 6 nitrogen and oxygen atoms in total. The summed E-state index contributed by atoms with van der Waals surface area (Å²) in [6.07, 6.45) is 0. The maximum Gasteiger partial charge on any atom is 0.350 e. The van der Waals surface area contributed by atoms with E-state index >= 15 is 0 Å². The van der Waals surface area contributed by atoms with Crippen LogP contribution >= 0.6 is 11.3 Å². The van der Waals surface area contributed by atoms with Gasteiger partial charge in [0.1, 0.15) is 4.88 Å². The lowest BCUT2D eigenvalue weighted by Gasteiger charge is -2.07. The van der Waals surface area contributed by atoms with Crippen molar-refractivity contribution >= 4 is 33.0 Å². The minimum absolute atomic E-state index is 0.0903. The van der Waals surface area contributed by atoms with Crippen molar-refractivity contribution in [3.05, 3.63) is 16.3 Å². The van der Waals surface area contributed by atoms with Crippen molar-refractivity contribution in [3.8, 4) is 0 Å². The smallest absolute Gasteiger partial charge is 0.350 e. The highest BCUT2D eigenvalue weighted by Crippen LogP contribution is 2.24. The second-order valence-electron chi connectivity index (χ2n) is 3.07. The van der Waals surface area contributed by atoms with E-state index in [0.717, 1.165) is 11.3 Å². The normalized spacial score (nSPS) is 11.2. The third-order valence-corrected chi connectivity index (χ3v) is 3.99. The summed E-state index contributed by atoms with van der Waals surface area (Å²) >= 11 is 1.11. The first-order valence-electron chi connectivity index (χ1n) is 4.65. The molecule has 0 unspecified atom stereocenters. The van der Waals surface area contributed by atoms with Crippen LogP contribution in [0.1, 0.15) is 9.67 Å². The summed E-state index contributed by atoms with van der Waals surface area (Å²) in [5.74, 6) is -0.732. The zero-order valence-corrected chi connectivity index (χ0v) is 11.1. The van der Waals surface area contributed by atoms with Gasteiger partial charge in [-0.2, -0.15) is 0 Å². The number of carbonyl (C=O) groups excluding carboxylic acids is 1. The number of rotatable bonds is 6. The van der Waals surface area contributed by atoms with E-state index < -0.39 is 16.0 Å². The maximum atomic E-state index is 11.6. The van der Waals surface area contributed by atoms with Gasteiger partial charge in [0.15, 0.2) is 0 Å². The largest absolute Gasteiger partial charge is 0.465 e. The van der Waals surface area contributed by atoms with Gasteiger partial charge in [0.05, 0.1) is 25.2 Å². The molecule has 0 aliphatic carbocycles. The van der Waals surface area contributed by atoms with Crippen LogP contribution in [0.15, 0.2) is 11.4 Å². The Morgan fingerprint density at radius 1 is 1.47 bits per heavy atom. The van der Waals surface area contributed by atoms with Crippen molar-refractivity contribution in [2.45, 2.75) is 0 Å². The quantitative estimate of drug-likeness (QED) is 0.783. The number of carbonyl (C=O) groups is 1. The second-order valence-corrected chi connectivity index (χ2v) is 5.83. The summed E-state index contributed by atoms with van der Waals surface area (Å²) in [5.41, 5.74) is 0.234. The number of esters is 1. The van der Waals surface area contributed by atoms with Crippen LogP contribution in [0.3, 0.4) is 0 Å². The first-order valence-corrected chi connectivity index (χ1v) is 7.18. The molecule has 0 aromatic carbocycles. The minimum atomic E-state index is -3.51. The molecule has 0 aliphatic heterocycles. The van der Waals surface area contributed by atoms with Gasteiger partial charge in [-0.25, -0.2) is 13.2 Å². The molecule has 0 saturated carbocycles. The number of nitrogens with one attached hydrogen (secondary N) is 1. The third-order valence-electron chi connectivity index (χ3n) is 1.86. The predicted octanol–water partition coefficient (Wildman–Crippen LogP) is 0.923. The van der Waals surface area contributed by atoms with Gasteiger partial charge in [0, 0.05) is 7.11 Å². The summed E-state index contributed by atoms with van der Waals surface area (Å²) in [6.45, 7) is 0.0903. The Kier molecular flexibility index (Phi) is 4.91. The van der Waals surface area contributed by atoms with E-state index in [1.807, 2.05) is 0 Å².